The van der Waals surface area contributed by atoms with E-state index in [0.717, 1.165) is 24.1 Å². The van der Waals surface area contributed by atoms with E-state index in [0.29, 0.717) is 26.2 Å². The van der Waals surface area contributed by atoms with E-state index in [1.807, 2.05) is 36.1 Å². The number of nitrogens with one attached hydrogen (secondary N) is 1. The second kappa shape index (κ2) is 7.31. The number of para-hydroxylation sites is 1. The van der Waals surface area contributed by atoms with Gasteiger partial charge in [-0.1, -0.05) is 31.5 Å². The van der Waals surface area contributed by atoms with Crippen molar-refractivity contribution in [2.24, 2.45) is 5.41 Å². The van der Waals surface area contributed by atoms with Gasteiger partial charge in [0, 0.05) is 12.2 Å². The summed E-state index contributed by atoms with van der Waals surface area (Å²) in [5.41, 5.74) is 0.935. The highest BCUT2D eigenvalue weighted by molar-refractivity contribution is 6.07. The maximum atomic E-state index is 13.1. The Hall–Kier alpha value is -2.41. The molecule has 0 radical (unpaired) electrons. The molecule has 3 heterocycles. The zero-order valence-corrected chi connectivity index (χ0v) is 15.7. The maximum absolute atomic E-state index is 13.1. The predicted octanol–water partition coefficient (Wildman–Crippen LogP) is 2.01. The molecule has 2 atom stereocenters. The van der Waals surface area contributed by atoms with Crippen molar-refractivity contribution < 1.29 is 24.2 Å². The van der Waals surface area contributed by atoms with Crippen molar-refractivity contribution in [3.8, 4) is 0 Å². The van der Waals surface area contributed by atoms with Crippen LogP contribution >= 0.6 is 0 Å². The summed E-state index contributed by atoms with van der Waals surface area (Å²) in [6.07, 6.45) is 2.48. The van der Waals surface area contributed by atoms with Crippen LogP contribution in [0.5, 0.6) is 0 Å². The van der Waals surface area contributed by atoms with Crippen LogP contribution < -0.4 is 5.32 Å². The molecule has 0 saturated carbocycles. The molecule has 4 rings (SSSR count). The Bertz CT molecular complexity index is 746. The summed E-state index contributed by atoms with van der Waals surface area (Å²) in [6, 6.07) is 7.85. The van der Waals surface area contributed by atoms with E-state index in [9.17, 15) is 9.59 Å². The van der Waals surface area contributed by atoms with Crippen molar-refractivity contribution in [3.63, 3.8) is 0 Å². The fourth-order valence-electron chi connectivity index (χ4n) is 4.60. The maximum Gasteiger partial charge on any atom is 0.290 e. The Kier molecular flexibility index (Phi) is 5.24. The lowest BCUT2D eigenvalue weighted by Crippen LogP contribution is -2.57. The average molecular weight is 374 g/mol. The lowest BCUT2D eigenvalue weighted by Gasteiger charge is -2.42. The monoisotopic (exact) mass is 374 g/mol. The number of carbonyl (C=O) groups is 3. The van der Waals surface area contributed by atoms with Crippen molar-refractivity contribution in [3.05, 3.63) is 29.8 Å². The summed E-state index contributed by atoms with van der Waals surface area (Å²) >= 11 is 0. The normalized spacial score (nSPS) is 27.3. The van der Waals surface area contributed by atoms with Gasteiger partial charge in [-0.25, -0.2) is 0 Å². The van der Waals surface area contributed by atoms with Crippen LogP contribution in [-0.2, 0) is 24.5 Å². The Labute approximate surface area is 158 Å². The van der Waals surface area contributed by atoms with Gasteiger partial charge in [-0.15, -0.1) is 0 Å². The third-order valence-corrected chi connectivity index (χ3v) is 5.93. The summed E-state index contributed by atoms with van der Waals surface area (Å²) in [4.78, 5) is 36.4. The molecule has 3 aliphatic heterocycles. The molecule has 146 valence electrons. The SMILES string of the molecule is CCC[C@@H]1N(C(=O)C2(C)COC2)CC[C@@]12C(=O)Nc1ccccc12.O=CO. The second-order valence-corrected chi connectivity index (χ2v) is 7.68. The summed E-state index contributed by atoms with van der Waals surface area (Å²) < 4.78 is 5.28. The third-order valence-electron chi connectivity index (χ3n) is 5.93. The fraction of sp³-hybridized carbons (Fsp3) is 0.550. The lowest BCUT2D eigenvalue weighted by atomic mass is 9.73. The molecule has 1 spiro atoms. The van der Waals surface area contributed by atoms with Crippen LogP contribution in [0, 0.1) is 5.41 Å². The molecule has 0 aliphatic carbocycles. The summed E-state index contributed by atoms with van der Waals surface area (Å²) in [5, 5.41) is 9.93. The van der Waals surface area contributed by atoms with Gasteiger partial charge >= 0.3 is 0 Å². The molecule has 0 aromatic heterocycles. The van der Waals surface area contributed by atoms with E-state index in [4.69, 9.17) is 14.6 Å². The van der Waals surface area contributed by atoms with Crippen LogP contribution in [0.15, 0.2) is 24.3 Å². The molecule has 2 N–H and O–H groups in total. The molecule has 2 fully saturated rings. The summed E-state index contributed by atoms with van der Waals surface area (Å²) in [6.45, 7) is 5.44. The Morgan fingerprint density at radius 2 is 2.07 bits per heavy atom. The Morgan fingerprint density at radius 3 is 2.67 bits per heavy atom. The van der Waals surface area contributed by atoms with Gasteiger partial charge < -0.3 is 20.1 Å². The number of likely N-dealkylation sites (tertiary alicyclic amines) is 1. The predicted molar refractivity (Wildman–Crippen MR) is 99.4 cm³/mol. The van der Waals surface area contributed by atoms with Gasteiger partial charge in [0.05, 0.1) is 30.1 Å². The molecule has 7 nitrogen and oxygen atoms in total. The first-order valence-electron chi connectivity index (χ1n) is 9.32. The summed E-state index contributed by atoms with van der Waals surface area (Å²) in [5.74, 6) is 0.189. The number of fused-ring (bicyclic) bond motifs is 2. The lowest BCUT2D eigenvalue weighted by molar-refractivity contribution is -0.170. The number of nitrogens with zero attached hydrogens (tertiary/aromatic N) is 1. The number of ether oxygens (including phenoxy) is 1. The van der Waals surface area contributed by atoms with Gasteiger partial charge in [0.15, 0.2) is 0 Å². The number of benzene rings is 1. The van der Waals surface area contributed by atoms with Crippen LogP contribution in [0.4, 0.5) is 5.69 Å². The van der Waals surface area contributed by atoms with Crippen LogP contribution in [-0.4, -0.2) is 54.1 Å². The van der Waals surface area contributed by atoms with Crippen LogP contribution in [0.2, 0.25) is 0 Å². The minimum absolute atomic E-state index is 0.0486. The standard InChI is InChI=1S/C19H24N2O3.CH2O2/c1-3-6-15-19(13-7-4-5-8-14(13)20-16(19)22)9-10-21(15)17(23)18(2)11-24-12-18;2-1-3/h4-5,7-8,15H,3,6,9-12H2,1-2H3,(H,20,22);1H,(H,2,3)/t15-,19-;/m0./s1. The molecule has 0 bridgehead atoms. The Balaban J connectivity index is 0.000000659. The van der Waals surface area contributed by atoms with Crippen molar-refractivity contribution in [1.82, 2.24) is 4.90 Å². The van der Waals surface area contributed by atoms with Crippen molar-refractivity contribution in [1.29, 1.82) is 0 Å². The van der Waals surface area contributed by atoms with E-state index in [1.165, 1.54) is 0 Å². The molecule has 1 aromatic carbocycles. The smallest absolute Gasteiger partial charge is 0.290 e. The van der Waals surface area contributed by atoms with Gasteiger partial charge in [0.25, 0.3) is 6.47 Å². The second-order valence-electron chi connectivity index (χ2n) is 7.68. The first-order chi connectivity index (χ1) is 12.9. The topological polar surface area (TPSA) is 95.9 Å². The van der Waals surface area contributed by atoms with Gasteiger partial charge in [-0.3, -0.25) is 14.4 Å². The highest BCUT2D eigenvalue weighted by atomic mass is 16.5. The highest BCUT2D eigenvalue weighted by Gasteiger charge is 2.60. The highest BCUT2D eigenvalue weighted by Crippen LogP contribution is 2.50. The fourth-order valence-corrected chi connectivity index (χ4v) is 4.60. The number of carbonyl (C=O) groups excluding carboxylic acids is 2. The molecule has 3 aliphatic rings. The van der Waals surface area contributed by atoms with E-state index >= 15 is 0 Å². The van der Waals surface area contributed by atoms with Crippen molar-refractivity contribution in [2.75, 3.05) is 25.1 Å². The number of anilines is 1. The Morgan fingerprint density at radius 1 is 1.41 bits per heavy atom. The molecule has 1 aromatic rings. The molecule has 2 saturated heterocycles. The zero-order chi connectivity index (χ0) is 19.7. The zero-order valence-electron chi connectivity index (χ0n) is 15.7. The van der Waals surface area contributed by atoms with Crippen molar-refractivity contribution in [2.45, 2.75) is 44.6 Å². The molecular formula is C20H26N2O5. The van der Waals surface area contributed by atoms with Crippen LogP contribution in [0.1, 0.15) is 38.7 Å². The number of hydrogen-bond acceptors (Lipinski definition) is 4. The molecule has 0 unspecified atom stereocenters. The first kappa shape index (κ1) is 19.4. The van der Waals surface area contributed by atoms with E-state index in [1.54, 1.807) is 0 Å². The number of amides is 2. The quantitative estimate of drug-likeness (QED) is 0.789. The van der Waals surface area contributed by atoms with Gasteiger partial charge in [-0.05, 0) is 31.4 Å². The average Bonchev–Trinajstić information content (AvgIpc) is 3.14. The largest absolute Gasteiger partial charge is 0.483 e. The minimum atomic E-state index is -0.594. The molecule has 7 heteroatoms. The van der Waals surface area contributed by atoms with E-state index in [-0.39, 0.29) is 24.3 Å². The molecular weight excluding hydrogens is 348 g/mol. The number of rotatable bonds is 3. The van der Waals surface area contributed by atoms with Gasteiger partial charge in [0.2, 0.25) is 11.8 Å². The molecule has 2 amide bonds. The molecule has 27 heavy (non-hydrogen) atoms. The number of hydrogen-bond donors (Lipinski definition) is 2. The first-order valence-corrected chi connectivity index (χ1v) is 9.32. The summed E-state index contributed by atoms with van der Waals surface area (Å²) in [7, 11) is 0. The van der Waals surface area contributed by atoms with E-state index < -0.39 is 10.8 Å². The van der Waals surface area contributed by atoms with E-state index in [2.05, 4.69) is 12.2 Å². The van der Waals surface area contributed by atoms with Gasteiger partial charge in [-0.2, -0.15) is 0 Å². The number of carboxylic acid groups (broad SMARTS) is 1. The third kappa shape index (κ3) is 2.90. The van der Waals surface area contributed by atoms with Crippen LogP contribution in [0.25, 0.3) is 0 Å². The van der Waals surface area contributed by atoms with Gasteiger partial charge in [0.1, 0.15) is 0 Å². The van der Waals surface area contributed by atoms with Crippen molar-refractivity contribution >= 4 is 24.0 Å². The minimum Gasteiger partial charge on any atom is -0.483 e. The van der Waals surface area contributed by atoms with Crippen LogP contribution in [0.3, 0.4) is 0 Å².